The van der Waals surface area contributed by atoms with Crippen molar-refractivity contribution in [3.05, 3.63) is 29.6 Å². The van der Waals surface area contributed by atoms with E-state index >= 15 is 0 Å². The van der Waals surface area contributed by atoms with Gasteiger partial charge in [-0.1, -0.05) is 0 Å². The Morgan fingerprint density at radius 2 is 2.28 bits per heavy atom. The van der Waals surface area contributed by atoms with Crippen LogP contribution in [0.3, 0.4) is 0 Å². The Morgan fingerprint density at radius 3 is 2.94 bits per heavy atom. The van der Waals surface area contributed by atoms with Crippen LogP contribution in [0.25, 0.3) is 0 Å². The van der Waals surface area contributed by atoms with Crippen LogP contribution >= 0.6 is 0 Å². The number of rotatable bonds is 6. The monoisotopic (exact) mass is 255 g/mol. The van der Waals surface area contributed by atoms with Crippen molar-refractivity contribution in [2.24, 2.45) is 5.73 Å². The van der Waals surface area contributed by atoms with Crippen molar-refractivity contribution in [2.45, 2.75) is 32.2 Å². The lowest BCUT2D eigenvalue weighted by Crippen LogP contribution is -2.24. The molecule has 100 valence electrons. The molecule has 0 aliphatic heterocycles. The molecule has 18 heavy (non-hydrogen) atoms. The van der Waals surface area contributed by atoms with Crippen molar-refractivity contribution in [3.63, 3.8) is 0 Å². The number of benzene rings is 1. The fraction of sp³-hybridized carbons (Fsp3) is 0.462. The summed E-state index contributed by atoms with van der Waals surface area (Å²) in [7, 11) is 0. The Morgan fingerprint density at radius 1 is 1.56 bits per heavy atom. The molecule has 0 saturated carbocycles. The number of halogens is 1. The van der Waals surface area contributed by atoms with Crippen molar-refractivity contribution < 1.29 is 19.0 Å². The molecule has 4 nitrogen and oxygen atoms in total. The number of carbonyl (C=O) groups is 1. The first-order chi connectivity index (χ1) is 8.52. The molecule has 0 spiro atoms. The SMILES string of the molecule is CCOC(=O)CCC(N)Cc1cc(F)ccc1O. The smallest absolute Gasteiger partial charge is 0.305 e. The molecule has 5 heteroatoms. The van der Waals surface area contributed by atoms with Crippen molar-refractivity contribution in [2.75, 3.05) is 6.61 Å². The first kappa shape index (κ1) is 14.4. The molecule has 1 aromatic carbocycles. The van der Waals surface area contributed by atoms with Gasteiger partial charge in [-0.15, -0.1) is 0 Å². The summed E-state index contributed by atoms with van der Waals surface area (Å²) < 4.78 is 17.8. The molecule has 0 bridgehead atoms. The summed E-state index contributed by atoms with van der Waals surface area (Å²) in [5, 5.41) is 9.53. The zero-order valence-corrected chi connectivity index (χ0v) is 10.4. The number of phenolic OH excluding ortho intramolecular Hbond substituents is 1. The van der Waals surface area contributed by atoms with Gasteiger partial charge in [0.05, 0.1) is 6.61 Å². The quantitative estimate of drug-likeness (QED) is 0.759. The summed E-state index contributed by atoms with van der Waals surface area (Å²) in [6.45, 7) is 2.08. The highest BCUT2D eigenvalue weighted by Gasteiger charge is 2.11. The lowest BCUT2D eigenvalue weighted by molar-refractivity contribution is -0.143. The fourth-order valence-electron chi connectivity index (χ4n) is 1.64. The number of ether oxygens (including phenoxy) is 1. The first-order valence-corrected chi connectivity index (χ1v) is 5.91. The topological polar surface area (TPSA) is 72.5 Å². The molecule has 0 amide bonds. The van der Waals surface area contributed by atoms with E-state index in [1.54, 1.807) is 6.92 Å². The number of hydrogen-bond acceptors (Lipinski definition) is 4. The fourth-order valence-corrected chi connectivity index (χ4v) is 1.64. The number of phenols is 1. The van der Waals surface area contributed by atoms with Gasteiger partial charge in [0.25, 0.3) is 0 Å². The second-order valence-corrected chi connectivity index (χ2v) is 4.08. The van der Waals surface area contributed by atoms with E-state index < -0.39 is 5.82 Å². The molecule has 1 atom stereocenters. The molecular weight excluding hydrogens is 237 g/mol. The first-order valence-electron chi connectivity index (χ1n) is 5.91. The van der Waals surface area contributed by atoms with E-state index in [0.717, 1.165) is 0 Å². The minimum absolute atomic E-state index is 0.0167. The number of carbonyl (C=O) groups excluding carboxylic acids is 1. The van der Waals surface area contributed by atoms with Gasteiger partial charge in [-0.3, -0.25) is 4.79 Å². The van der Waals surface area contributed by atoms with Crippen LogP contribution in [-0.4, -0.2) is 23.7 Å². The third-order valence-corrected chi connectivity index (χ3v) is 2.55. The Bertz CT molecular complexity index is 409. The lowest BCUT2D eigenvalue weighted by Gasteiger charge is -2.12. The summed E-state index contributed by atoms with van der Waals surface area (Å²) in [5.74, 6) is -0.695. The summed E-state index contributed by atoms with van der Waals surface area (Å²) in [6.07, 6.45) is 0.989. The standard InChI is InChI=1S/C13H18FNO3/c1-2-18-13(17)6-4-11(15)8-9-7-10(14)3-5-12(9)16/h3,5,7,11,16H,2,4,6,8,15H2,1H3. The maximum Gasteiger partial charge on any atom is 0.305 e. The maximum atomic E-state index is 13.0. The molecule has 0 aliphatic rings. The lowest BCUT2D eigenvalue weighted by atomic mass is 10.0. The van der Waals surface area contributed by atoms with Gasteiger partial charge in [-0.25, -0.2) is 4.39 Å². The number of nitrogens with two attached hydrogens (primary N) is 1. The van der Waals surface area contributed by atoms with Gasteiger partial charge < -0.3 is 15.6 Å². The highest BCUT2D eigenvalue weighted by Crippen LogP contribution is 2.20. The molecule has 0 heterocycles. The molecule has 0 aliphatic carbocycles. The van der Waals surface area contributed by atoms with Crippen LogP contribution in [0.2, 0.25) is 0 Å². The van der Waals surface area contributed by atoms with Crippen molar-refractivity contribution >= 4 is 5.97 Å². The Hall–Kier alpha value is -1.62. The largest absolute Gasteiger partial charge is 0.508 e. The minimum atomic E-state index is -0.416. The van der Waals surface area contributed by atoms with Crippen molar-refractivity contribution in [1.29, 1.82) is 0 Å². The van der Waals surface area contributed by atoms with Gasteiger partial charge in [0.1, 0.15) is 11.6 Å². The van der Waals surface area contributed by atoms with Gasteiger partial charge >= 0.3 is 5.97 Å². The van der Waals surface area contributed by atoms with Crippen LogP contribution in [0, 0.1) is 5.82 Å². The molecular formula is C13H18FNO3. The second-order valence-electron chi connectivity index (χ2n) is 4.08. The molecule has 0 fully saturated rings. The third-order valence-electron chi connectivity index (χ3n) is 2.55. The van der Waals surface area contributed by atoms with Crippen LogP contribution < -0.4 is 5.73 Å². The number of hydrogen-bond donors (Lipinski definition) is 2. The van der Waals surface area contributed by atoms with Crippen LogP contribution in [0.15, 0.2) is 18.2 Å². The van der Waals surface area contributed by atoms with E-state index in [2.05, 4.69) is 0 Å². The zero-order valence-electron chi connectivity index (χ0n) is 10.4. The van der Waals surface area contributed by atoms with Gasteiger partial charge in [0.2, 0.25) is 0 Å². The molecule has 1 rings (SSSR count). The average molecular weight is 255 g/mol. The minimum Gasteiger partial charge on any atom is -0.508 e. The van der Waals surface area contributed by atoms with Crippen molar-refractivity contribution in [3.8, 4) is 5.75 Å². The second kappa shape index (κ2) is 6.96. The van der Waals surface area contributed by atoms with E-state index in [4.69, 9.17) is 10.5 Å². The predicted molar refractivity (Wildman–Crippen MR) is 65.6 cm³/mol. The van der Waals surface area contributed by atoms with Gasteiger partial charge in [0.15, 0.2) is 0 Å². The summed E-state index contributed by atoms with van der Waals surface area (Å²) >= 11 is 0. The maximum absolute atomic E-state index is 13.0. The molecule has 0 radical (unpaired) electrons. The number of esters is 1. The highest BCUT2D eigenvalue weighted by atomic mass is 19.1. The average Bonchev–Trinajstić information content (AvgIpc) is 2.32. The van der Waals surface area contributed by atoms with Gasteiger partial charge in [0, 0.05) is 12.5 Å². The Labute approximate surface area is 106 Å². The predicted octanol–water partition coefficient (Wildman–Crippen LogP) is 1.74. The van der Waals surface area contributed by atoms with E-state index in [1.807, 2.05) is 0 Å². The zero-order chi connectivity index (χ0) is 13.5. The van der Waals surface area contributed by atoms with E-state index in [9.17, 15) is 14.3 Å². The van der Waals surface area contributed by atoms with E-state index in [-0.39, 0.29) is 24.2 Å². The van der Waals surface area contributed by atoms with E-state index in [1.165, 1.54) is 18.2 Å². The van der Waals surface area contributed by atoms with Crippen LogP contribution in [0.5, 0.6) is 5.75 Å². The molecule has 1 aromatic rings. The molecule has 1 unspecified atom stereocenters. The highest BCUT2D eigenvalue weighted by molar-refractivity contribution is 5.69. The Balaban J connectivity index is 2.46. The van der Waals surface area contributed by atoms with E-state index in [0.29, 0.717) is 25.0 Å². The number of aromatic hydroxyl groups is 1. The van der Waals surface area contributed by atoms with Crippen LogP contribution in [0.4, 0.5) is 4.39 Å². The molecule has 0 aromatic heterocycles. The van der Waals surface area contributed by atoms with Crippen LogP contribution in [-0.2, 0) is 16.0 Å². The summed E-state index contributed by atoms with van der Waals surface area (Å²) in [5.41, 5.74) is 6.28. The summed E-state index contributed by atoms with van der Waals surface area (Å²) in [6, 6.07) is 3.41. The third kappa shape index (κ3) is 4.71. The van der Waals surface area contributed by atoms with Gasteiger partial charge in [-0.2, -0.15) is 0 Å². The normalized spacial score (nSPS) is 12.2. The molecule has 3 N–H and O–H groups in total. The molecule has 0 saturated heterocycles. The van der Waals surface area contributed by atoms with Crippen molar-refractivity contribution in [1.82, 2.24) is 0 Å². The summed E-state index contributed by atoms with van der Waals surface area (Å²) in [4.78, 5) is 11.1. The van der Waals surface area contributed by atoms with Crippen LogP contribution in [0.1, 0.15) is 25.3 Å². The Kier molecular flexibility index (Phi) is 5.58. The van der Waals surface area contributed by atoms with Gasteiger partial charge in [-0.05, 0) is 43.5 Å².